The van der Waals surface area contributed by atoms with E-state index < -0.39 is 11.4 Å². The largest absolute Gasteiger partial charge is 0.481 e. The van der Waals surface area contributed by atoms with Crippen LogP contribution in [0.4, 0.5) is 0 Å². The van der Waals surface area contributed by atoms with E-state index in [1.807, 2.05) is 13.8 Å². The van der Waals surface area contributed by atoms with E-state index in [-0.39, 0.29) is 5.92 Å². The van der Waals surface area contributed by atoms with Crippen molar-refractivity contribution in [2.45, 2.75) is 39.7 Å². The van der Waals surface area contributed by atoms with Crippen molar-refractivity contribution in [1.82, 2.24) is 4.90 Å². The van der Waals surface area contributed by atoms with Crippen LogP contribution in [0.15, 0.2) is 0 Å². The average Bonchev–Trinajstić information content (AvgIpc) is 2.75. The molecule has 4 nitrogen and oxygen atoms in total. The first kappa shape index (κ1) is 13.8. The Labute approximate surface area is 109 Å². The van der Waals surface area contributed by atoms with Crippen LogP contribution in [0.3, 0.4) is 0 Å². The fourth-order valence-corrected chi connectivity index (χ4v) is 3.45. The smallest absolute Gasteiger partial charge is 0.311 e. The van der Waals surface area contributed by atoms with Crippen molar-refractivity contribution < 1.29 is 14.6 Å². The molecule has 2 aliphatic heterocycles. The van der Waals surface area contributed by atoms with Crippen molar-refractivity contribution in [1.29, 1.82) is 0 Å². The number of carbonyl (C=O) groups is 1. The minimum Gasteiger partial charge on any atom is -0.481 e. The van der Waals surface area contributed by atoms with Gasteiger partial charge in [0.25, 0.3) is 0 Å². The van der Waals surface area contributed by atoms with Crippen molar-refractivity contribution in [3.63, 3.8) is 0 Å². The fraction of sp³-hybridized carbons (Fsp3) is 0.929. The van der Waals surface area contributed by atoms with Crippen molar-refractivity contribution in [2.24, 2.45) is 17.3 Å². The van der Waals surface area contributed by atoms with Crippen LogP contribution in [0.1, 0.15) is 33.6 Å². The third-order valence-corrected chi connectivity index (χ3v) is 4.93. The zero-order valence-electron chi connectivity index (χ0n) is 11.7. The Bertz CT molecular complexity index is 318. The summed E-state index contributed by atoms with van der Waals surface area (Å²) in [5.74, 6) is 0.0744. The summed E-state index contributed by atoms with van der Waals surface area (Å²) in [7, 11) is 0. The van der Waals surface area contributed by atoms with Gasteiger partial charge < -0.3 is 9.84 Å². The molecule has 0 bridgehead atoms. The van der Waals surface area contributed by atoms with E-state index in [1.54, 1.807) is 0 Å². The third kappa shape index (κ3) is 2.28. The highest BCUT2D eigenvalue weighted by Gasteiger charge is 2.49. The lowest BCUT2D eigenvalue weighted by Gasteiger charge is -2.37. The zero-order chi connectivity index (χ0) is 13.3. The number of hydrogen-bond donors (Lipinski definition) is 1. The molecule has 0 aromatic rings. The van der Waals surface area contributed by atoms with Crippen LogP contribution in [0.2, 0.25) is 0 Å². The minimum atomic E-state index is -0.625. The lowest BCUT2D eigenvalue weighted by atomic mass is 9.76. The molecule has 2 aliphatic rings. The number of carboxylic acid groups (broad SMARTS) is 1. The lowest BCUT2D eigenvalue weighted by Crippen LogP contribution is -2.46. The van der Waals surface area contributed by atoms with Crippen molar-refractivity contribution >= 4 is 5.97 Å². The Balaban J connectivity index is 2.08. The molecule has 0 amide bonds. The Morgan fingerprint density at radius 2 is 2.22 bits per heavy atom. The van der Waals surface area contributed by atoms with E-state index in [9.17, 15) is 9.90 Å². The number of rotatable bonds is 3. The number of carboxylic acids is 1. The van der Waals surface area contributed by atoms with E-state index >= 15 is 0 Å². The second-order valence-corrected chi connectivity index (χ2v) is 6.24. The highest BCUT2D eigenvalue weighted by Crippen LogP contribution is 2.40. The predicted octanol–water partition coefficient (Wildman–Crippen LogP) is 1.84. The summed E-state index contributed by atoms with van der Waals surface area (Å²) in [6, 6.07) is 0.499. The average molecular weight is 255 g/mol. The summed E-state index contributed by atoms with van der Waals surface area (Å²) in [5.41, 5.74) is -0.544. The van der Waals surface area contributed by atoms with Crippen LogP contribution < -0.4 is 0 Å². The third-order valence-electron chi connectivity index (χ3n) is 4.93. The van der Waals surface area contributed by atoms with E-state index in [0.717, 1.165) is 32.6 Å². The quantitative estimate of drug-likeness (QED) is 0.836. The van der Waals surface area contributed by atoms with Crippen LogP contribution >= 0.6 is 0 Å². The number of aliphatic carboxylic acids is 1. The first-order valence-electron chi connectivity index (χ1n) is 7.02. The summed E-state index contributed by atoms with van der Waals surface area (Å²) in [4.78, 5) is 14.0. The minimum absolute atomic E-state index is 0.190. The van der Waals surface area contributed by atoms with Crippen molar-refractivity contribution in [3.8, 4) is 0 Å². The first-order valence-corrected chi connectivity index (χ1v) is 7.02. The Kier molecular flexibility index (Phi) is 3.97. The van der Waals surface area contributed by atoms with Gasteiger partial charge in [0.15, 0.2) is 0 Å². The van der Waals surface area contributed by atoms with Crippen LogP contribution in [-0.4, -0.2) is 48.3 Å². The van der Waals surface area contributed by atoms with E-state index in [4.69, 9.17) is 4.74 Å². The van der Waals surface area contributed by atoms with Gasteiger partial charge in [-0.05, 0) is 31.2 Å². The van der Waals surface area contributed by atoms with E-state index in [2.05, 4.69) is 11.8 Å². The summed E-state index contributed by atoms with van der Waals surface area (Å²) in [5, 5.41) is 9.56. The molecule has 2 heterocycles. The molecule has 0 spiro atoms. The molecule has 0 radical (unpaired) electrons. The monoisotopic (exact) mass is 255 g/mol. The second-order valence-electron chi connectivity index (χ2n) is 6.24. The normalized spacial score (nSPS) is 38.2. The van der Waals surface area contributed by atoms with Crippen molar-refractivity contribution in [2.75, 3.05) is 26.3 Å². The predicted molar refractivity (Wildman–Crippen MR) is 69.5 cm³/mol. The number of ether oxygens (including phenoxy) is 1. The van der Waals surface area contributed by atoms with Gasteiger partial charge in [-0.2, -0.15) is 0 Å². The Morgan fingerprint density at radius 1 is 1.50 bits per heavy atom. The molecule has 18 heavy (non-hydrogen) atoms. The molecule has 2 fully saturated rings. The first-order chi connectivity index (χ1) is 8.47. The fourth-order valence-electron chi connectivity index (χ4n) is 3.45. The zero-order valence-corrected chi connectivity index (χ0v) is 11.7. The summed E-state index contributed by atoms with van der Waals surface area (Å²) in [6.45, 7) is 9.51. The topological polar surface area (TPSA) is 49.8 Å². The van der Waals surface area contributed by atoms with Crippen LogP contribution in [0.5, 0.6) is 0 Å². The molecule has 0 aromatic carbocycles. The molecule has 2 saturated heterocycles. The molecule has 0 saturated carbocycles. The summed E-state index contributed by atoms with van der Waals surface area (Å²) >= 11 is 0. The van der Waals surface area contributed by atoms with Gasteiger partial charge in [-0.25, -0.2) is 0 Å². The molecule has 2 rings (SSSR count). The van der Waals surface area contributed by atoms with E-state index in [1.165, 1.54) is 0 Å². The summed E-state index contributed by atoms with van der Waals surface area (Å²) < 4.78 is 5.48. The van der Waals surface area contributed by atoms with Gasteiger partial charge in [-0.3, -0.25) is 9.69 Å². The molecule has 3 atom stereocenters. The maximum Gasteiger partial charge on any atom is 0.311 e. The second kappa shape index (κ2) is 5.17. The molecule has 0 aromatic heterocycles. The van der Waals surface area contributed by atoms with Crippen LogP contribution in [-0.2, 0) is 9.53 Å². The molecular formula is C14H25NO3. The Morgan fingerprint density at radius 3 is 2.72 bits per heavy atom. The molecular weight excluding hydrogens is 230 g/mol. The van der Waals surface area contributed by atoms with Gasteiger partial charge in [0.2, 0.25) is 0 Å². The highest BCUT2D eigenvalue weighted by atomic mass is 16.5. The van der Waals surface area contributed by atoms with Crippen LogP contribution in [0.25, 0.3) is 0 Å². The van der Waals surface area contributed by atoms with Crippen molar-refractivity contribution in [3.05, 3.63) is 0 Å². The maximum atomic E-state index is 11.6. The van der Waals surface area contributed by atoms with Gasteiger partial charge in [-0.15, -0.1) is 0 Å². The Hall–Kier alpha value is -0.610. The molecule has 3 unspecified atom stereocenters. The maximum absolute atomic E-state index is 11.6. The van der Waals surface area contributed by atoms with Gasteiger partial charge in [0.1, 0.15) is 0 Å². The SMILES string of the molecule is CC1COCCC1N1CCC(C(=O)O)(C(C)C)C1. The van der Waals surface area contributed by atoms with Crippen LogP contribution in [0, 0.1) is 17.3 Å². The molecule has 104 valence electrons. The summed E-state index contributed by atoms with van der Waals surface area (Å²) in [6.07, 6.45) is 1.82. The van der Waals surface area contributed by atoms with Gasteiger partial charge in [0, 0.05) is 19.2 Å². The molecule has 4 heteroatoms. The molecule has 0 aliphatic carbocycles. The number of likely N-dealkylation sites (tertiary alicyclic amines) is 1. The van der Waals surface area contributed by atoms with Gasteiger partial charge >= 0.3 is 5.97 Å². The van der Waals surface area contributed by atoms with Gasteiger partial charge in [-0.1, -0.05) is 20.8 Å². The highest BCUT2D eigenvalue weighted by molar-refractivity contribution is 5.75. The number of nitrogens with zero attached hydrogens (tertiary/aromatic N) is 1. The lowest BCUT2D eigenvalue weighted by molar-refractivity contribution is -0.151. The van der Waals surface area contributed by atoms with E-state index in [0.29, 0.717) is 18.5 Å². The molecule has 1 N–H and O–H groups in total. The number of hydrogen-bond acceptors (Lipinski definition) is 3. The standard InChI is InChI=1S/C14H25NO3/c1-10(2)14(13(16)17)5-6-15(9-14)12-4-7-18-8-11(12)3/h10-12H,4-9H2,1-3H3,(H,16,17). The van der Waals surface area contributed by atoms with Gasteiger partial charge in [0.05, 0.1) is 12.0 Å².